The Morgan fingerprint density at radius 1 is 0.562 bits per heavy atom. The maximum absolute atomic E-state index is 11.0. The molecule has 0 aliphatic rings. The van der Waals surface area contributed by atoms with E-state index in [0.717, 1.165) is 32.1 Å². The molecule has 0 aliphatic carbocycles. The molecule has 0 aromatic carbocycles. The van der Waals surface area contributed by atoms with Gasteiger partial charge in [-0.25, -0.2) is 9.59 Å². The number of ether oxygens (including phenoxy) is 1. The van der Waals surface area contributed by atoms with Crippen molar-refractivity contribution in [2.75, 3.05) is 6.61 Å². The molecule has 6 heteroatoms. The molecular formula is C42H80O6. The Bertz CT molecular complexity index is 740. The Labute approximate surface area is 297 Å². The molecule has 0 rings (SSSR count). The predicted octanol–water partition coefficient (Wildman–Crippen LogP) is 12.2. The van der Waals surface area contributed by atoms with Crippen LogP contribution >= 0.6 is 0 Å². The number of carbonyl (C=O) groups excluding carboxylic acids is 1. The molecule has 0 amide bonds. The number of carbonyl (C=O) groups is 2. The molecule has 0 aliphatic heterocycles. The Morgan fingerprint density at radius 3 is 1.21 bits per heavy atom. The minimum Gasteiger partial charge on any atom is -0.479 e. The Kier molecular flexibility index (Phi) is 38.5. The summed E-state index contributed by atoms with van der Waals surface area (Å²) in [5.74, 6) is -1.63. The second kappa shape index (κ2) is 38.1. The molecule has 0 heterocycles. The van der Waals surface area contributed by atoms with Crippen LogP contribution in [0.3, 0.4) is 0 Å². The molecule has 0 aromatic heterocycles. The highest BCUT2D eigenvalue weighted by Crippen LogP contribution is 2.17. The van der Waals surface area contributed by atoms with Crippen molar-refractivity contribution in [3.05, 3.63) is 24.3 Å². The van der Waals surface area contributed by atoms with Crippen molar-refractivity contribution in [3.8, 4) is 0 Å². The molecule has 0 radical (unpaired) electrons. The number of esters is 1. The first-order valence-corrected chi connectivity index (χ1v) is 20.3. The van der Waals surface area contributed by atoms with E-state index >= 15 is 0 Å². The van der Waals surface area contributed by atoms with E-state index in [-0.39, 0.29) is 0 Å². The highest BCUT2D eigenvalue weighted by molar-refractivity contribution is 5.76. The largest absolute Gasteiger partial charge is 0.479 e. The number of hydrogen-bond donors (Lipinski definition) is 3. The smallest absolute Gasteiger partial charge is 0.335 e. The lowest BCUT2D eigenvalue weighted by Crippen LogP contribution is -2.34. The topological polar surface area (TPSA) is 104 Å². The van der Waals surface area contributed by atoms with E-state index in [1.165, 1.54) is 162 Å². The highest BCUT2D eigenvalue weighted by Gasteiger charge is 2.28. The summed E-state index contributed by atoms with van der Waals surface area (Å²) < 4.78 is 4.92. The summed E-state index contributed by atoms with van der Waals surface area (Å²) in [6.45, 7) is 7.77. The molecule has 0 aromatic rings. The van der Waals surface area contributed by atoms with Crippen LogP contribution in [0.2, 0.25) is 0 Å². The molecule has 0 spiro atoms. The van der Waals surface area contributed by atoms with Gasteiger partial charge in [-0.2, -0.15) is 0 Å². The summed E-state index contributed by atoms with van der Waals surface area (Å²) >= 11 is 0. The maximum Gasteiger partial charge on any atom is 0.335 e. The van der Waals surface area contributed by atoms with Crippen LogP contribution < -0.4 is 0 Å². The molecule has 0 bridgehead atoms. The summed E-state index contributed by atoms with van der Waals surface area (Å²) in [5, 5.41) is 27.4. The zero-order chi connectivity index (χ0) is 36.0. The van der Waals surface area contributed by atoms with E-state index in [2.05, 4.69) is 38.2 Å². The SMILES string of the molecule is CCCCCCCC/C=C\CCCCCCCCC(C)(O)C(=O)O.CCCCCCCC/C=C\CCCCCCCCOC(=O)C(C)O. The number of aliphatic hydroxyl groups is 2. The van der Waals surface area contributed by atoms with Crippen LogP contribution in [-0.4, -0.2) is 45.6 Å². The third kappa shape index (κ3) is 38.8. The van der Waals surface area contributed by atoms with E-state index in [1.807, 2.05) is 0 Å². The summed E-state index contributed by atoms with van der Waals surface area (Å²) in [7, 11) is 0. The van der Waals surface area contributed by atoms with Crippen molar-refractivity contribution >= 4 is 11.9 Å². The van der Waals surface area contributed by atoms with Crippen LogP contribution in [0.1, 0.15) is 214 Å². The van der Waals surface area contributed by atoms with E-state index in [4.69, 9.17) is 14.9 Å². The van der Waals surface area contributed by atoms with Crippen LogP contribution in [0.15, 0.2) is 24.3 Å². The van der Waals surface area contributed by atoms with E-state index in [9.17, 15) is 14.7 Å². The van der Waals surface area contributed by atoms with Gasteiger partial charge in [-0.1, -0.05) is 154 Å². The van der Waals surface area contributed by atoms with Crippen molar-refractivity contribution < 1.29 is 29.6 Å². The standard InChI is InChI=1S/2C21H40O3/c1-3-4-5-6-7-8-9-10-11-12-13-14-15-16-17-18-19-21(2,24)20(22)23;1-3-4-5-6-7-8-9-10-11-12-13-14-15-16-17-18-19-24-21(23)20(2)22/h10-11,24H,3-9,12-19H2,1-2H3,(H,22,23);10-11,20,22H,3-9,12-19H2,1-2H3/b2*11-10-. The number of aliphatic hydroxyl groups excluding tert-OH is 1. The zero-order valence-corrected chi connectivity index (χ0v) is 32.2. The first-order valence-electron chi connectivity index (χ1n) is 20.3. The number of hydrogen-bond acceptors (Lipinski definition) is 5. The van der Waals surface area contributed by atoms with Gasteiger partial charge in [0.2, 0.25) is 0 Å². The fraction of sp³-hybridized carbons (Fsp3) is 0.857. The van der Waals surface area contributed by atoms with Gasteiger partial charge in [0.05, 0.1) is 6.61 Å². The lowest BCUT2D eigenvalue weighted by molar-refractivity contribution is -0.157. The van der Waals surface area contributed by atoms with Crippen molar-refractivity contribution in [3.63, 3.8) is 0 Å². The quantitative estimate of drug-likeness (QED) is 0.0355. The lowest BCUT2D eigenvalue weighted by Gasteiger charge is -2.17. The Morgan fingerprint density at radius 2 is 0.875 bits per heavy atom. The summed E-state index contributed by atoms with van der Waals surface area (Å²) in [6.07, 6.45) is 43.7. The van der Waals surface area contributed by atoms with Crippen LogP contribution in [0, 0.1) is 0 Å². The van der Waals surface area contributed by atoms with Crippen LogP contribution in [-0.2, 0) is 14.3 Å². The fourth-order valence-electron chi connectivity index (χ4n) is 5.47. The van der Waals surface area contributed by atoms with Gasteiger partial charge in [0.15, 0.2) is 5.60 Å². The van der Waals surface area contributed by atoms with Gasteiger partial charge in [-0.15, -0.1) is 0 Å². The minimum atomic E-state index is -1.55. The predicted molar refractivity (Wildman–Crippen MR) is 204 cm³/mol. The number of unbranched alkanes of at least 4 members (excludes halogenated alkanes) is 24. The number of rotatable bonds is 34. The van der Waals surface area contributed by atoms with Gasteiger partial charge in [-0.05, 0) is 84.5 Å². The molecule has 0 fully saturated rings. The van der Waals surface area contributed by atoms with Crippen molar-refractivity contribution in [1.82, 2.24) is 0 Å². The van der Waals surface area contributed by atoms with Gasteiger partial charge >= 0.3 is 11.9 Å². The maximum atomic E-state index is 11.0. The lowest BCUT2D eigenvalue weighted by atomic mass is 9.98. The minimum absolute atomic E-state index is 0.351. The average Bonchev–Trinajstić information content (AvgIpc) is 3.06. The Balaban J connectivity index is 0. The average molecular weight is 681 g/mol. The third-order valence-corrected chi connectivity index (χ3v) is 8.88. The van der Waals surface area contributed by atoms with Crippen LogP contribution in [0.4, 0.5) is 0 Å². The van der Waals surface area contributed by atoms with Crippen molar-refractivity contribution in [2.45, 2.75) is 226 Å². The normalized spacial score (nSPS) is 13.4. The Hall–Kier alpha value is -1.66. The highest BCUT2D eigenvalue weighted by atomic mass is 16.5. The second-order valence-electron chi connectivity index (χ2n) is 14.0. The van der Waals surface area contributed by atoms with Crippen LogP contribution in [0.5, 0.6) is 0 Å². The summed E-state index contributed by atoms with van der Waals surface area (Å²) in [5.41, 5.74) is -1.55. The zero-order valence-electron chi connectivity index (χ0n) is 32.2. The van der Waals surface area contributed by atoms with E-state index in [1.54, 1.807) is 0 Å². The number of carboxylic acid groups (broad SMARTS) is 1. The van der Waals surface area contributed by atoms with E-state index < -0.39 is 23.6 Å². The first kappa shape index (κ1) is 48.5. The third-order valence-electron chi connectivity index (χ3n) is 8.88. The van der Waals surface area contributed by atoms with Gasteiger partial charge < -0.3 is 20.1 Å². The molecule has 284 valence electrons. The second-order valence-corrected chi connectivity index (χ2v) is 14.0. The van der Waals surface area contributed by atoms with E-state index in [0.29, 0.717) is 13.0 Å². The monoisotopic (exact) mass is 681 g/mol. The van der Waals surface area contributed by atoms with Crippen molar-refractivity contribution in [2.24, 2.45) is 0 Å². The summed E-state index contributed by atoms with van der Waals surface area (Å²) in [6, 6.07) is 0. The number of allylic oxidation sites excluding steroid dienone is 4. The van der Waals surface area contributed by atoms with Crippen LogP contribution in [0.25, 0.3) is 0 Å². The summed E-state index contributed by atoms with van der Waals surface area (Å²) in [4.78, 5) is 21.8. The molecule has 6 nitrogen and oxygen atoms in total. The van der Waals surface area contributed by atoms with Crippen molar-refractivity contribution in [1.29, 1.82) is 0 Å². The molecule has 2 unspecified atom stereocenters. The van der Waals surface area contributed by atoms with Gasteiger partial charge in [0.1, 0.15) is 6.10 Å². The molecule has 0 saturated carbocycles. The van der Waals surface area contributed by atoms with Gasteiger partial charge in [-0.3, -0.25) is 0 Å². The molecule has 0 saturated heterocycles. The molecule has 2 atom stereocenters. The molecule has 48 heavy (non-hydrogen) atoms. The van der Waals surface area contributed by atoms with Gasteiger partial charge in [0.25, 0.3) is 0 Å². The molecule has 3 N–H and O–H groups in total. The number of carboxylic acids is 1. The molecular weight excluding hydrogens is 600 g/mol. The first-order chi connectivity index (χ1) is 23.2. The number of aliphatic carboxylic acids is 1. The fourth-order valence-corrected chi connectivity index (χ4v) is 5.47. The van der Waals surface area contributed by atoms with Gasteiger partial charge in [0, 0.05) is 0 Å².